The third-order valence-corrected chi connectivity index (χ3v) is 5.19. The van der Waals surface area contributed by atoms with Crippen LogP contribution in [0.2, 0.25) is 0 Å². The van der Waals surface area contributed by atoms with Crippen molar-refractivity contribution >= 4 is 11.8 Å². The summed E-state index contributed by atoms with van der Waals surface area (Å²) in [5.41, 5.74) is 2.42. The van der Waals surface area contributed by atoms with Crippen LogP contribution in [0.25, 0.3) is 0 Å². The molecule has 2 aliphatic heterocycles. The number of carbonyl (C=O) groups excluding carboxylic acids is 2. The van der Waals surface area contributed by atoms with Gasteiger partial charge in [0.2, 0.25) is 5.91 Å². The van der Waals surface area contributed by atoms with E-state index in [1.165, 1.54) is 0 Å². The molecule has 2 aliphatic rings. The normalized spacial score (nSPS) is 19.5. The van der Waals surface area contributed by atoms with Gasteiger partial charge in [0.15, 0.2) is 0 Å². The largest absolute Gasteiger partial charge is 0.497 e. The number of hydrogen-bond acceptors (Lipinski definition) is 5. The molecule has 0 aliphatic carbocycles. The number of ether oxygens (including phenoxy) is 1. The minimum Gasteiger partial charge on any atom is -0.497 e. The SMILES string of the molecule is COc1cccc(C(=O)N2CCN(C(=O)C3NCCc4[nH]cnc43)CC2)c1. The Bertz CT molecular complexity index is 841. The van der Waals surface area contributed by atoms with Crippen molar-refractivity contribution in [3.8, 4) is 5.75 Å². The Morgan fingerprint density at radius 1 is 1.19 bits per heavy atom. The van der Waals surface area contributed by atoms with E-state index in [1.54, 1.807) is 30.5 Å². The molecule has 1 aromatic heterocycles. The number of nitrogens with zero attached hydrogens (tertiary/aromatic N) is 3. The van der Waals surface area contributed by atoms with Crippen LogP contribution in [-0.4, -0.2) is 71.4 Å². The molecule has 1 saturated heterocycles. The maximum Gasteiger partial charge on any atom is 0.254 e. The first-order valence-electron chi connectivity index (χ1n) is 9.15. The van der Waals surface area contributed by atoms with E-state index in [0.717, 1.165) is 24.4 Å². The molecule has 1 aromatic carbocycles. The van der Waals surface area contributed by atoms with Gasteiger partial charge in [0, 0.05) is 50.4 Å². The summed E-state index contributed by atoms with van der Waals surface area (Å²) >= 11 is 0. The molecule has 1 unspecified atom stereocenters. The van der Waals surface area contributed by atoms with Crippen molar-refractivity contribution in [2.75, 3.05) is 39.8 Å². The van der Waals surface area contributed by atoms with Crippen LogP contribution < -0.4 is 10.1 Å². The number of fused-ring (bicyclic) bond motifs is 1. The molecule has 2 N–H and O–H groups in total. The fraction of sp³-hybridized carbons (Fsp3) is 0.421. The molecule has 2 amide bonds. The number of piperazine rings is 1. The highest BCUT2D eigenvalue weighted by atomic mass is 16.5. The highest BCUT2D eigenvalue weighted by Crippen LogP contribution is 2.22. The lowest BCUT2D eigenvalue weighted by Gasteiger charge is -2.37. The lowest BCUT2D eigenvalue weighted by atomic mass is 10.0. The predicted octanol–water partition coefficient (Wildman–Crippen LogP) is 0.590. The minimum absolute atomic E-state index is 0.0246. The number of benzene rings is 1. The van der Waals surface area contributed by atoms with Gasteiger partial charge in [-0.05, 0) is 18.2 Å². The standard InChI is InChI=1S/C19H23N5O3/c1-27-14-4-2-3-13(11-14)18(25)23-7-9-24(10-8-23)19(26)17-16-15(5-6-20-17)21-12-22-16/h2-4,11-12,17,20H,5-10H2,1H3,(H,21,22). The second-order valence-electron chi connectivity index (χ2n) is 6.75. The molecule has 3 heterocycles. The van der Waals surface area contributed by atoms with Crippen LogP contribution in [0.3, 0.4) is 0 Å². The van der Waals surface area contributed by atoms with Gasteiger partial charge in [-0.3, -0.25) is 9.59 Å². The second-order valence-corrected chi connectivity index (χ2v) is 6.75. The lowest BCUT2D eigenvalue weighted by molar-refractivity contribution is -0.135. The first kappa shape index (κ1) is 17.5. The molecule has 27 heavy (non-hydrogen) atoms. The first-order valence-corrected chi connectivity index (χ1v) is 9.15. The van der Waals surface area contributed by atoms with E-state index in [-0.39, 0.29) is 11.8 Å². The number of rotatable bonds is 3. The molecule has 1 atom stereocenters. The van der Waals surface area contributed by atoms with Gasteiger partial charge in [-0.1, -0.05) is 6.07 Å². The summed E-state index contributed by atoms with van der Waals surface area (Å²) in [7, 11) is 1.58. The van der Waals surface area contributed by atoms with Crippen LogP contribution in [0.4, 0.5) is 0 Å². The van der Waals surface area contributed by atoms with E-state index in [4.69, 9.17) is 4.74 Å². The first-order chi connectivity index (χ1) is 13.2. The summed E-state index contributed by atoms with van der Waals surface area (Å²) in [6.45, 7) is 2.82. The van der Waals surface area contributed by atoms with Gasteiger partial charge in [-0.25, -0.2) is 4.98 Å². The number of hydrogen-bond donors (Lipinski definition) is 2. The van der Waals surface area contributed by atoms with Crippen LogP contribution in [-0.2, 0) is 11.2 Å². The second kappa shape index (κ2) is 7.40. The summed E-state index contributed by atoms with van der Waals surface area (Å²) in [5, 5.41) is 3.26. The number of imidazole rings is 1. The Morgan fingerprint density at radius 2 is 1.96 bits per heavy atom. The van der Waals surface area contributed by atoms with Crippen molar-refractivity contribution in [3.05, 3.63) is 47.5 Å². The third kappa shape index (κ3) is 3.40. The number of aromatic nitrogens is 2. The van der Waals surface area contributed by atoms with E-state index in [0.29, 0.717) is 37.5 Å². The van der Waals surface area contributed by atoms with E-state index in [1.807, 2.05) is 17.0 Å². The maximum atomic E-state index is 12.9. The van der Waals surface area contributed by atoms with Gasteiger partial charge in [0.05, 0.1) is 19.1 Å². The van der Waals surface area contributed by atoms with E-state index in [9.17, 15) is 9.59 Å². The molecule has 0 saturated carbocycles. The Hall–Kier alpha value is -2.87. The molecule has 1 fully saturated rings. The van der Waals surface area contributed by atoms with Gasteiger partial charge in [0.1, 0.15) is 11.8 Å². The van der Waals surface area contributed by atoms with Crippen molar-refractivity contribution < 1.29 is 14.3 Å². The van der Waals surface area contributed by atoms with Gasteiger partial charge >= 0.3 is 0 Å². The zero-order chi connectivity index (χ0) is 18.8. The number of amides is 2. The van der Waals surface area contributed by atoms with E-state index < -0.39 is 6.04 Å². The fourth-order valence-electron chi connectivity index (χ4n) is 3.67. The smallest absolute Gasteiger partial charge is 0.254 e. The van der Waals surface area contributed by atoms with E-state index in [2.05, 4.69) is 15.3 Å². The number of aromatic amines is 1. The van der Waals surface area contributed by atoms with E-state index >= 15 is 0 Å². The molecule has 0 spiro atoms. The highest BCUT2D eigenvalue weighted by Gasteiger charge is 2.34. The Morgan fingerprint density at radius 3 is 2.74 bits per heavy atom. The molecule has 142 valence electrons. The van der Waals surface area contributed by atoms with Crippen molar-refractivity contribution in [2.24, 2.45) is 0 Å². The number of methoxy groups -OCH3 is 1. The third-order valence-electron chi connectivity index (χ3n) is 5.19. The summed E-state index contributed by atoms with van der Waals surface area (Å²) in [6.07, 6.45) is 2.49. The molecular weight excluding hydrogens is 346 g/mol. The molecule has 0 bridgehead atoms. The molecule has 8 nitrogen and oxygen atoms in total. The average molecular weight is 369 g/mol. The van der Waals surface area contributed by atoms with Crippen LogP contribution >= 0.6 is 0 Å². The quantitative estimate of drug-likeness (QED) is 0.826. The summed E-state index contributed by atoms with van der Waals surface area (Å²) < 4.78 is 5.19. The zero-order valence-corrected chi connectivity index (χ0v) is 15.3. The van der Waals surface area contributed by atoms with Crippen LogP contribution in [0.1, 0.15) is 27.8 Å². The van der Waals surface area contributed by atoms with Gasteiger partial charge in [-0.15, -0.1) is 0 Å². The minimum atomic E-state index is -0.402. The summed E-state index contributed by atoms with van der Waals surface area (Å²) in [6, 6.07) is 6.74. The number of H-pyrrole nitrogens is 1. The molecule has 2 aromatic rings. The summed E-state index contributed by atoms with van der Waals surface area (Å²) in [5.74, 6) is 0.649. The highest BCUT2D eigenvalue weighted by molar-refractivity contribution is 5.95. The molecule has 4 rings (SSSR count). The van der Waals surface area contributed by atoms with Crippen molar-refractivity contribution in [2.45, 2.75) is 12.5 Å². The predicted molar refractivity (Wildman–Crippen MR) is 98.5 cm³/mol. The Labute approximate surface area is 157 Å². The van der Waals surface area contributed by atoms with Crippen LogP contribution in [0.15, 0.2) is 30.6 Å². The topological polar surface area (TPSA) is 90.6 Å². The summed E-state index contributed by atoms with van der Waals surface area (Å²) in [4.78, 5) is 36.7. The molecule has 8 heteroatoms. The van der Waals surface area contributed by atoms with Gasteiger partial charge < -0.3 is 24.8 Å². The van der Waals surface area contributed by atoms with Crippen LogP contribution in [0.5, 0.6) is 5.75 Å². The monoisotopic (exact) mass is 369 g/mol. The van der Waals surface area contributed by atoms with Crippen molar-refractivity contribution in [1.82, 2.24) is 25.1 Å². The Balaban J connectivity index is 1.39. The Kier molecular flexibility index (Phi) is 4.81. The number of nitrogens with one attached hydrogen (secondary N) is 2. The molecule has 0 radical (unpaired) electrons. The van der Waals surface area contributed by atoms with Crippen molar-refractivity contribution in [3.63, 3.8) is 0 Å². The lowest BCUT2D eigenvalue weighted by Crippen LogP contribution is -2.53. The average Bonchev–Trinajstić information content (AvgIpc) is 3.22. The molecular formula is C19H23N5O3. The van der Waals surface area contributed by atoms with Gasteiger partial charge in [0.25, 0.3) is 5.91 Å². The van der Waals surface area contributed by atoms with Gasteiger partial charge in [-0.2, -0.15) is 0 Å². The zero-order valence-electron chi connectivity index (χ0n) is 15.3. The fourth-order valence-corrected chi connectivity index (χ4v) is 3.67. The van der Waals surface area contributed by atoms with Crippen molar-refractivity contribution in [1.29, 1.82) is 0 Å². The maximum absolute atomic E-state index is 12.9. The van der Waals surface area contributed by atoms with Crippen LogP contribution in [0, 0.1) is 0 Å². The number of carbonyl (C=O) groups is 2.